The first kappa shape index (κ1) is 15.4. The van der Waals surface area contributed by atoms with Crippen LogP contribution in [-0.4, -0.2) is 10.9 Å². The Morgan fingerprint density at radius 2 is 1.95 bits per heavy atom. The van der Waals surface area contributed by atoms with Gasteiger partial charge in [-0.3, -0.25) is 10.1 Å². The second kappa shape index (κ2) is 6.65. The van der Waals surface area contributed by atoms with Gasteiger partial charge >= 0.3 is 0 Å². The van der Waals surface area contributed by atoms with Crippen LogP contribution in [0.4, 0.5) is 5.13 Å². The van der Waals surface area contributed by atoms with Crippen molar-refractivity contribution in [2.75, 3.05) is 5.32 Å². The molecule has 0 saturated heterocycles. The molecule has 0 aliphatic rings. The van der Waals surface area contributed by atoms with E-state index in [1.807, 2.05) is 60.3 Å². The van der Waals surface area contributed by atoms with E-state index in [4.69, 9.17) is 0 Å². The van der Waals surface area contributed by atoms with E-state index in [0.29, 0.717) is 5.13 Å². The Balaban J connectivity index is 0.00000161. The number of benzene rings is 1. The van der Waals surface area contributed by atoms with Gasteiger partial charge < -0.3 is 12.4 Å². The Labute approximate surface area is 132 Å². The van der Waals surface area contributed by atoms with Crippen molar-refractivity contribution in [1.82, 2.24) is 4.98 Å². The normalized spacial score (nSPS) is 10.1. The van der Waals surface area contributed by atoms with Crippen LogP contribution in [0.25, 0.3) is 10.2 Å². The number of rotatable bonds is 3. The number of nitrogens with zero attached hydrogens (tertiary/aromatic N) is 2. The second-order valence-corrected chi connectivity index (χ2v) is 5.61. The number of aromatic nitrogens is 2. The summed E-state index contributed by atoms with van der Waals surface area (Å²) in [5.41, 5.74) is 2.09. The number of thiazole rings is 1. The van der Waals surface area contributed by atoms with E-state index in [9.17, 15) is 4.79 Å². The topological polar surface area (TPSA) is 45.9 Å². The van der Waals surface area contributed by atoms with Crippen molar-refractivity contribution >= 4 is 32.6 Å². The maximum Gasteiger partial charge on any atom is 0.292 e. The summed E-state index contributed by atoms with van der Waals surface area (Å²) in [6, 6.07) is 11.8. The van der Waals surface area contributed by atoms with E-state index in [-0.39, 0.29) is 24.9 Å². The van der Waals surface area contributed by atoms with Crippen LogP contribution in [0, 0.1) is 6.92 Å². The first-order chi connectivity index (χ1) is 9.70. The second-order valence-electron chi connectivity index (χ2n) is 4.58. The molecule has 2 heterocycles. The van der Waals surface area contributed by atoms with Crippen molar-refractivity contribution in [2.24, 2.45) is 0 Å². The lowest BCUT2D eigenvalue weighted by Crippen LogP contribution is -3.00. The fourth-order valence-electron chi connectivity index (χ4n) is 1.89. The fraction of sp³-hybridized carbons (Fsp3) is 0.133. The average molecular weight is 320 g/mol. The van der Waals surface area contributed by atoms with Crippen molar-refractivity contribution in [3.05, 3.63) is 54.4 Å². The molecule has 1 aromatic carbocycles. The molecular formula is C15H14ClN3OS. The first-order valence-corrected chi connectivity index (χ1v) is 7.13. The number of fused-ring (bicyclic) bond motifs is 1. The molecule has 3 aromatic rings. The molecule has 1 N–H and O–H groups in total. The van der Waals surface area contributed by atoms with Crippen LogP contribution < -0.4 is 22.3 Å². The Morgan fingerprint density at radius 1 is 1.24 bits per heavy atom. The zero-order chi connectivity index (χ0) is 13.9. The number of anilines is 1. The summed E-state index contributed by atoms with van der Waals surface area (Å²) in [7, 11) is 0. The quantitative estimate of drug-likeness (QED) is 0.664. The molecule has 3 rings (SSSR count). The number of carbonyl (C=O) groups is 1. The third-order valence-electron chi connectivity index (χ3n) is 2.92. The van der Waals surface area contributed by atoms with Crippen LogP contribution in [0.15, 0.2) is 48.8 Å². The molecule has 108 valence electrons. The SMILES string of the molecule is Cc1cc[n+](CC(=O)Nc2nc3ccccc3s2)cc1.[Cl-]. The molecule has 0 bridgehead atoms. The monoisotopic (exact) mass is 319 g/mol. The summed E-state index contributed by atoms with van der Waals surface area (Å²) in [4.78, 5) is 16.4. The van der Waals surface area contributed by atoms with Gasteiger partial charge in [-0.2, -0.15) is 4.57 Å². The smallest absolute Gasteiger partial charge is 0.292 e. The minimum absolute atomic E-state index is 0. The molecule has 21 heavy (non-hydrogen) atoms. The van der Waals surface area contributed by atoms with E-state index in [0.717, 1.165) is 10.2 Å². The molecule has 0 radical (unpaired) electrons. The lowest BCUT2D eigenvalue weighted by Gasteiger charge is -1.98. The molecule has 0 aliphatic heterocycles. The molecule has 0 unspecified atom stereocenters. The number of hydrogen-bond acceptors (Lipinski definition) is 3. The molecule has 0 atom stereocenters. The van der Waals surface area contributed by atoms with Crippen molar-refractivity contribution in [2.45, 2.75) is 13.5 Å². The van der Waals surface area contributed by atoms with Crippen molar-refractivity contribution in [3.8, 4) is 0 Å². The van der Waals surface area contributed by atoms with Gasteiger partial charge in [-0.05, 0) is 24.6 Å². The molecule has 0 spiro atoms. The van der Waals surface area contributed by atoms with Gasteiger partial charge in [0.1, 0.15) is 0 Å². The summed E-state index contributed by atoms with van der Waals surface area (Å²) in [5.74, 6) is -0.0714. The maximum atomic E-state index is 12.0. The maximum absolute atomic E-state index is 12.0. The minimum Gasteiger partial charge on any atom is -1.00 e. The van der Waals surface area contributed by atoms with Crippen LogP contribution in [0.2, 0.25) is 0 Å². The van der Waals surface area contributed by atoms with E-state index >= 15 is 0 Å². The van der Waals surface area contributed by atoms with Crippen LogP contribution in [0.3, 0.4) is 0 Å². The Kier molecular flexibility index (Phi) is 4.88. The van der Waals surface area contributed by atoms with E-state index in [1.165, 1.54) is 16.9 Å². The third-order valence-corrected chi connectivity index (χ3v) is 3.88. The predicted octanol–water partition coefficient (Wildman–Crippen LogP) is -0.465. The summed E-state index contributed by atoms with van der Waals surface area (Å²) >= 11 is 1.49. The molecule has 2 aromatic heterocycles. The van der Waals surface area contributed by atoms with Gasteiger partial charge in [0.15, 0.2) is 17.5 Å². The molecule has 1 amide bonds. The highest BCUT2D eigenvalue weighted by Gasteiger charge is 2.11. The van der Waals surface area contributed by atoms with Gasteiger partial charge in [-0.25, -0.2) is 4.98 Å². The van der Waals surface area contributed by atoms with Crippen molar-refractivity contribution in [1.29, 1.82) is 0 Å². The fourth-order valence-corrected chi connectivity index (χ4v) is 2.77. The molecular weight excluding hydrogens is 306 g/mol. The van der Waals surface area contributed by atoms with Crippen molar-refractivity contribution in [3.63, 3.8) is 0 Å². The van der Waals surface area contributed by atoms with Gasteiger partial charge in [-0.15, -0.1) is 0 Å². The number of para-hydroxylation sites is 1. The number of nitrogens with one attached hydrogen (secondary N) is 1. The summed E-state index contributed by atoms with van der Waals surface area (Å²) in [5, 5.41) is 3.48. The van der Waals surface area contributed by atoms with Crippen LogP contribution in [-0.2, 0) is 11.3 Å². The molecule has 0 fully saturated rings. The predicted molar refractivity (Wildman–Crippen MR) is 79.6 cm³/mol. The summed E-state index contributed by atoms with van der Waals surface area (Å²) < 4.78 is 2.92. The highest BCUT2D eigenvalue weighted by atomic mass is 35.5. The lowest BCUT2D eigenvalue weighted by molar-refractivity contribution is -0.684. The molecule has 0 aliphatic carbocycles. The zero-order valence-electron chi connectivity index (χ0n) is 11.4. The third kappa shape index (κ3) is 3.77. The molecule has 6 heteroatoms. The number of amides is 1. The largest absolute Gasteiger partial charge is 1.00 e. The van der Waals surface area contributed by atoms with Crippen LogP contribution >= 0.6 is 11.3 Å². The van der Waals surface area contributed by atoms with Gasteiger partial charge in [0, 0.05) is 12.1 Å². The number of pyridine rings is 1. The van der Waals surface area contributed by atoms with Gasteiger partial charge in [0.2, 0.25) is 6.54 Å². The van der Waals surface area contributed by atoms with Gasteiger partial charge in [0.05, 0.1) is 10.2 Å². The van der Waals surface area contributed by atoms with Gasteiger partial charge in [0.25, 0.3) is 5.91 Å². The first-order valence-electron chi connectivity index (χ1n) is 6.32. The number of halogens is 1. The van der Waals surface area contributed by atoms with Crippen LogP contribution in [0.1, 0.15) is 5.56 Å². The number of hydrogen-bond donors (Lipinski definition) is 1. The molecule has 0 saturated carbocycles. The summed E-state index contributed by atoms with van der Waals surface area (Å²) in [6.45, 7) is 2.31. The lowest BCUT2D eigenvalue weighted by atomic mass is 10.3. The Morgan fingerprint density at radius 3 is 2.67 bits per heavy atom. The Hall–Kier alpha value is -1.98. The highest BCUT2D eigenvalue weighted by molar-refractivity contribution is 7.22. The summed E-state index contributed by atoms with van der Waals surface area (Å²) in [6.07, 6.45) is 3.79. The standard InChI is InChI=1S/C15H13N3OS.ClH/c1-11-6-8-18(9-7-11)10-14(19)17-15-16-12-4-2-3-5-13(12)20-15;/h2-9H,10H2,1H3;1H. The zero-order valence-corrected chi connectivity index (χ0v) is 13.0. The van der Waals surface area contributed by atoms with E-state index in [2.05, 4.69) is 10.3 Å². The minimum atomic E-state index is -0.0714. The molecule has 4 nitrogen and oxygen atoms in total. The average Bonchev–Trinajstić information content (AvgIpc) is 2.83. The van der Waals surface area contributed by atoms with Gasteiger partial charge in [-0.1, -0.05) is 23.5 Å². The van der Waals surface area contributed by atoms with E-state index in [1.54, 1.807) is 0 Å². The number of aryl methyl sites for hydroxylation is 1. The Bertz CT molecular complexity index is 722. The van der Waals surface area contributed by atoms with E-state index < -0.39 is 0 Å². The highest BCUT2D eigenvalue weighted by Crippen LogP contribution is 2.25. The van der Waals surface area contributed by atoms with Crippen LogP contribution in [0.5, 0.6) is 0 Å². The van der Waals surface area contributed by atoms with Crippen molar-refractivity contribution < 1.29 is 21.8 Å². The number of carbonyl (C=O) groups excluding carboxylic acids is 1.